The molecule has 0 aromatic heterocycles. The molecule has 0 spiro atoms. The standard InChI is InChI=1S/C22H17FN4O3/c23-16-7-1-2-8-17(16)26-18-9-4-10-19(28)21(18)20(15(12-24)22(26)25)13-5-3-6-14(11-13)27(29)30/h1-3,5-8,11,20H,4,9-10,25H2/t20-/m0/s1. The predicted octanol–water partition coefficient (Wildman–Crippen LogP) is 4.04. The maximum atomic E-state index is 14.6. The van der Waals surface area contributed by atoms with Crippen LogP contribution in [0.25, 0.3) is 0 Å². The van der Waals surface area contributed by atoms with Crippen LogP contribution < -0.4 is 10.6 Å². The van der Waals surface area contributed by atoms with Crippen molar-refractivity contribution in [2.24, 2.45) is 5.73 Å². The molecule has 4 rings (SSSR count). The third kappa shape index (κ3) is 3.01. The molecule has 1 heterocycles. The van der Waals surface area contributed by atoms with Gasteiger partial charge in [-0.25, -0.2) is 4.39 Å². The first kappa shape index (κ1) is 19.3. The smallest absolute Gasteiger partial charge is 0.269 e. The number of non-ortho nitro benzene ring substituents is 1. The number of nitriles is 1. The molecule has 8 heteroatoms. The van der Waals surface area contributed by atoms with Crippen LogP contribution >= 0.6 is 0 Å². The minimum Gasteiger partial charge on any atom is -0.384 e. The second kappa shape index (κ2) is 7.44. The summed E-state index contributed by atoms with van der Waals surface area (Å²) < 4.78 is 14.6. The van der Waals surface area contributed by atoms with Gasteiger partial charge in [0.2, 0.25) is 0 Å². The van der Waals surface area contributed by atoms with E-state index in [9.17, 15) is 24.6 Å². The van der Waals surface area contributed by atoms with Gasteiger partial charge in [-0.05, 0) is 30.5 Å². The molecule has 0 bridgehead atoms. The zero-order valence-electron chi connectivity index (χ0n) is 15.8. The number of anilines is 1. The summed E-state index contributed by atoms with van der Waals surface area (Å²) in [6, 6.07) is 13.9. The van der Waals surface area contributed by atoms with Crippen LogP contribution in [-0.4, -0.2) is 10.7 Å². The molecule has 0 unspecified atom stereocenters. The van der Waals surface area contributed by atoms with Gasteiger partial charge in [-0.3, -0.25) is 19.8 Å². The molecule has 1 atom stereocenters. The number of para-hydroxylation sites is 1. The monoisotopic (exact) mass is 404 g/mol. The summed E-state index contributed by atoms with van der Waals surface area (Å²) in [5.74, 6) is -1.51. The number of ketones is 1. The topological polar surface area (TPSA) is 113 Å². The first-order valence-electron chi connectivity index (χ1n) is 9.39. The van der Waals surface area contributed by atoms with Crippen molar-refractivity contribution in [3.8, 4) is 6.07 Å². The Bertz CT molecular complexity index is 1180. The fourth-order valence-electron chi connectivity index (χ4n) is 4.15. The number of carbonyl (C=O) groups excluding carboxylic acids is 1. The van der Waals surface area contributed by atoms with Crippen LogP contribution in [0.3, 0.4) is 0 Å². The van der Waals surface area contributed by atoms with Gasteiger partial charge in [0.15, 0.2) is 5.78 Å². The summed E-state index contributed by atoms with van der Waals surface area (Å²) in [5, 5.41) is 21.2. The Hall–Kier alpha value is -3.99. The van der Waals surface area contributed by atoms with Crippen molar-refractivity contribution in [3.63, 3.8) is 0 Å². The fraction of sp³-hybridized carbons (Fsp3) is 0.182. The lowest BCUT2D eigenvalue weighted by atomic mass is 9.75. The second-order valence-electron chi connectivity index (χ2n) is 7.12. The van der Waals surface area contributed by atoms with Crippen molar-refractivity contribution in [2.45, 2.75) is 25.2 Å². The van der Waals surface area contributed by atoms with Gasteiger partial charge in [-0.1, -0.05) is 24.3 Å². The highest BCUT2D eigenvalue weighted by Gasteiger charge is 2.41. The van der Waals surface area contributed by atoms with Crippen LogP contribution in [0.5, 0.6) is 0 Å². The highest BCUT2D eigenvalue weighted by Crippen LogP contribution is 2.46. The highest BCUT2D eigenvalue weighted by atomic mass is 19.1. The van der Waals surface area contributed by atoms with Gasteiger partial charge in [0.25, 0.3) is 5.69 Å². The Kier molecular flexibility index (Phi) is 4.80. The van der Waals surface area contributed by atoms with Crippen LogP contribution in [0.15, 0.2) is 71.2 Å². The summed E-state index contributed by atoms with van der Waals surface area (Å²) in [6.45, 7) is 0. The average Bonchev–Trinajstić information content (AvgIpc) is 2.74. The molecule has 0 saturated carbocycles. The third-order valence-electron chi connectivity index (χ3n) is 5.42. The summed E-state index contributed by atoms with van der Waals surface area (Å²) >= 11 is 0. The number of rotatable bonds is 3. The number of hydrogen-bond donors (Lipinski definition) is 1. The zero-order chi connectivity index (χ0) is 21.4. The minimum atomic E-state index is -0.833. The van der Waals surface area contributed by atoms with E-state index in [1.54, 1.807) is 18.2 Å². The molecule has 2 aromatic rings. The number of nitro groups is 1. The minimum absolute atomic E-state index is 0.0209. The van der Waals surface area contributed by atoms with E-state index >= 15 is 0 Å². The Morgan fingerprint density at radius 3 is 2.67 bits per heavy atom. The lowest BCUT2D eigenvalue weighted by molar-refractivity contribution is -0.384. The first-order valence-corrected chi connectivity index (χ1v) is 9.39. The summed E-state index contributed by atoms with van der Waals surface area (Å²) in [6.07, 6.45) is 1.33. The lowest BCUT2D eigenvalue weighted by Crippen LogP contribution is -2.39. The Balaban J connectivity index is 1.99. The number of nitrogens with two attached hydrogens (primary N) is 1. The van der Waals surface area contributed by atoms with Gasteiger partial charge in [-0.15, -0.1) is 0 Å². The third-order valence-corrected chi connectivity index (χ3v) is 5.42. The van der Waals surface area contributed by atoms with Gasteiger partial charge < -0.3 is 5.73 Å². The zero-order valence-corrected chi connectivity index (χ0v) is 15.8. The first-order chi connectivity index (χ1) is 14.4. The van der Waals surface area contributed by atoms with E-state index in [4.69, 9.17) is 5.73 Å². The summed E-state index contributed by atoms with van der Waals surface area (Å²) in [4.78, 5) is 25.1. The van der Waals surface area contributed by atoms with Gasteiger partial charge in [0.05, 0.1) is 28.2 Å². The van der Waals surface area contributed by atoms with Crippen LogP contribution in [0.2, 0.25) is 0 Å². The molecule has 2 aromatic carbocycles. The van der Waals surface area contributed by atoms with Crippen molar-refractivity contribution in [3.05, 3.63) is 92.7 Å². The van der Waals surface area contributed by atoms with Crippen molar-refractivity contribution in [2.75, 3.05) is 4.90 Å². The maximum Gasteiger partial charge on any atom is 0.269 e. The molecule has 0 saturated heterocycles. The van der Waals surface area contributed by atoms with Gasteiger partial charge in [0.1, 0.15) is 11.6 Å². The number of nitro benzene ring substituents is 1. The molecule has 1 aliphatic heterocycles. The normalized spacial score (nSPS) is 18.9. The van der Waals surface area contributed by atoms with Crippen LogP contribution in [-0.2, 0) is 4.79 Å². The number of carbonyl (C=O) groups is 1. The SMILES string of the molecule is N#CC1=C(N)N(c2ccccc2F)C2=C(C(=O)CCC2)[C@H]1c1cccc([N+](=O)[O-])c1. The number of benzene rings is 2. The predicted molar refractivity (Wildman–Crippen MR) is 107 cm³/mol. The largest absolute Gasteiger partial charge is 0.384 e. The number of Topliss-reactive ketones (excluding diaryl/α,β-unsaturated/α-hetero) is 1. The molecule has 7 nitrogen and oxygen atoms in total. The lowest BCUT2D eigenvalue weighted by Gasteiger charge is -2.39. The van der Waals surface area contributed by atoms with E-state index in [0.29, 0.717) is 29.7 Å². The van der Waals surface area contributed by atoms with E-state index in [1.165, 1.54) is 35.2 Å². The average molecular weight is 404 g/mol. The fourth-order valence-corrected chi connectivity index (χ4v) is 4.15. The highest BCUT2D eigenvalue weighted by molar-refractivity contribution is 6.01. The van der Waals surface area contributed by atoms with Crippen molar-refractivity contribution in [1.82, 2.24) is 0 Å². The van der Waals surface area contributed by atoms with Gasteiger partial charge in [-0.2, -0.15) is 5.26 Å². The number of allylic oxidation sites excluding steroid dienone is 3. The number of hydrogen-bond acceptors (Lipinski definition) is 6. The van der Waals surface area contributed by atoms with Crippen LogP contribution in [0.1, 0.15) is 30.7 Å². The number of nitrogens with zero attached hydrogens (tertiary/aromatic N) is 3. The van der Waals surface area contributed by atoms with Gasteiger partial charge in [0, 0.05) is 29.8 Å². The van der Waals surface area contributed by atoms with E-state index < -0.39 is 16.7 Å². The number of halogens is 1. The molecule has 30 heavy (non-hydrogen) atoms. The quantitative estimate of drug-likeness (QED) is 0.610. The Morgan fingerprint density at radius 1 is 1.20 bits per heavy atom. The van der Waals surface area contributed by atoms with E-state index in [1.807, 2.05) is 0 Å². The van der Waals surface area contributed by atoms with Crippen molar-refractivity contribution < 1.29 is 14.1 Å². The second-order valence-corrected chi connectivity index (χ2v) is 7.12. The molecule has 0 radical (unpaired) electrons. The summed E-state index contributed by atoms with van der Waals surface area (Å²) in [5.41, 5.74) is 7.72. The van der Waals surface area contributed by atoms with Crippen molar-refractivity contribution in [1.29, 1.82) is 5.26 Å². The molecule has 2 N–H and O–H groups in total. The molecule has 2 aliphatic rings. The van der Waals surface area contributed by atoms with Crippen molar-refractivity contribution >= 4 is 17.2 Å². The summed E-state index contributed by atoms with van der Waals surface area (Å²) in [7, 11) is 0. The molecule has 0 amide bonds. The molecule has 150 valence electrons. The van der Waals surface area contributed by atoms with E-state index in [0.717, 1.165) is 0 Å². The van der Waals surface area contributed by atoms with E-state index in [2.05, 4.69) is 6.07 Å². The van der Waals surface area contributed by atoms with Crippen LogP contribution in [0, 0.1) is 27.3 Å². The molecular weight excluding hydrogens is 387 g/mol. The maximum absolute atomic E-state index is 14.6. The van der Waals surface area contributed by atoms with Gasteiger partial charge >= 0.3 is 0 Å². The van der Waals surface area contributed by atoms with E-state index in [-0.39, 0.29) is 35.0 Å². The molecule has 1 aliphatic carbocycles. The molecular formula is C22H17FN4O3. The molecule has 0 fully saturated rings. The van der Waals surface area contributed by atoms with Crippen LogP contribution in [0.4, 0.5) is 15.8 Å². The Labute approximate surface area is 171 Å². The Morgan fingerprint density at radius 2 is 1.97 bits per heavy atom.